The molecule has 2 N–H and O–H groups in total. The standard InChI is InChI=1S/C23H34O2/c1-6-7-8-9-17-12-18(24)21(19(25)13-17)23-14-16(4)10-11-20(23)22(23,5)15(2)3/h12-15,20,24-25H,6-11H2,1-5H3/t20-,22-,23-/m0/s1. The second kappa shape index (κ2) is 6.37. The predicted octanol–water partition coefficient (Wildman–Crippen LogP) is 6.10. The summed E-state index contributed by atoms with van der Waals surface area (Å²) in [4.78, 5) is 0. The van der Waals surface area contributed by atoms with Crippen molar-refractivity contribution in [2.24, 2.45) is 17.3 Å². The van der Waals surface area contributed by atoms with Crippen molar-refractivity contribution in [1.82, 2.24) is 0 Å². The van der Waals surface area contributed by atoms with Crippen molar-refractivity contribution in [3.05, 3.63) is 34.9 Å². The summed E-state index contributed by atoms with van der Waals surface area (Å²) in [5, 5.41) is 21.8. The first kappa shape index (κ1) is 18.4. The molecule has 2 heteroatoms. The molecule has 0 amide bonds. The Labute approximate surface area is 153 Å². The number of phenolic OH excluding ortho intramolecular Hbond substituents is 2. The number of hydrogen-bond acceptors (Lipinski definition) is 2. The van der Waals surface area contributed by atoms with Gasteiger partial charge in [0.05, 0.1) is 0 Å². The summed E-state index contributed by atoms with van der Waals surface area (Å²) in [6.45, 7) is 11.3. The van der Waals surface area contributed by atoms with Crippen molar-refractivity contribution in [3.63, 3.8) is 0 Å². The Morgan fingerprint density at radius 1 is 1.16 bits per heavy atom. The third-order valence-corrected chi connectivity index (χ3v) is 7.22. The number of aryl methyl sites for hydroxylation is 1. The van der Waals surface area contributed by atoms with E-state index in [0.29, 0.717) is 11.8 Å². The lowest BCUT2D eigenvalue weighted by Crippen LogP contribution is -2.20. The van der Waals surface area contributed by atoms with Crippen LogP contribution in [0, 0.1) is 17.3 Å². The minimum Gasteiger partial charge on any atom is -0.507 e. The molecule has 1 aromatic rings. The van der Waals surface area contributed by atoms with Gasteiger partial charge in [0.15, 0.2) is 0 Å². The zero-order valence-electron chi connectivity index (χ0n) is 16.5. The van der Waals surface area contributed by atoms with Crippen molar-refractivity contribution in [2.45, 2.75) is 78.6 Å². The molecule has 1 aromatic carbocycles. The molecule has 2 nitrogen and oxygen atoms in total. The Hall–Kier alpha value is -1.44. The third kappa shape index (κ3) is 2.60. The van der Waals surface area contributed by atoms with Crippen LogP contribution in [0.25, 0.3) is 0 Å². The van der Waals surface area contributed by atoms with Gasteiger partial charge in [0.1, 0.15) is 11.5 Å². The lowest BCUT2D eigenvalue weighted by atomic mass is 9.78. The second-order valence-corrected chi connectivity index (χ2v) is 8.85. The number of allylic oxidation sites excluding steroid dienone is 2. The molecule has 3 rings (SSSR count). The molecule has 1 fully saturated rings. The average molecular weight is 343 g/mol. The van der Waals surface area contributed by atoms with Gasteiger partial charge in [-0.3, -0.25) is 0 Å². The van der Waals surface area contributed by atoms with Crippen molar-refractivity contribution in [3.8, 4) is 11.5 Å². The molecule has 0 radical (unpaired) electrons. The maximum Gasteiger partial charge on any atom is 0.123 e. The largest absolute Gasteiger partial charge is 0.507 e. The second-order valence-electron chi connectivity index (χ2n) is 8.85. The minimum absolute atomic E-state index is 0.101. The normalized spacial score (nSPS) is 31.0. The van der Waals surface area contributed by atoms with Crippen LogP contribution in [0.5, 0.6) is 11.5 Å². The number of benzene rings is 1. The fourth-order valence-electron chi connectivity index (χ4n) is 5.59. The Kier molecular flexibility index (Phi) is 4.68. The van der Waals surface area contributed by atoms with Crippen LogP contribution in [0.1, 0.15) is 77.8 Å². The smallest absolute Gasteiger partial charge is 0.123 e. The summed E-state index contributed by atoms with van der Waals surface area (Å²) >= 11 is 0. The molecule has 0 heterocycles. The van der Waals surface area contributed by atoms with Crippen LogP contribution in [-0.2, 0) is 11.8 Å². The van der Waals surface area contributed by atoms with Crippen LogP contribution < -0.4 is 0 Å². The van der Waals surface area contributed by atoms with Gasteiger partial charge in [-0.05, 0) is 67.6 Å². The first-order chi connectivity index (χ1) is 11.8. The zero-order valence-corrected chi connectivity index (χ0v) is 16.5. The quantitative estimate of drug-likeness (QED) is 0.484. The molecule has 25 heavy (non-hydrogen) atoms. The summed E-state index contributed by atoms with van der Waals surface area (Å²) in [7, 11) is 0. The van der Waals surface area contributed by atoms with Gasteiger partial charge in [0, 0.05) is 11.0 Å². The van der Waals surface area contributed by atoms with E-state index in [1.54, 1.807) is 0 Å². The van der Waals surface area contributed by atoms with Crippen molar-refractivity contribution in [2.75, 3.05) is 0 Å². The highest BCUT2D eigenvalue weighted by Gasteiger charge is 2.75. The number of unbranched alkanes of at least 4 members (excludes halogenated alkanes) is 2. The van der Waals surface area contributed by atoms with E-state index in [2.05, 4.69) is 40.7 Å². The highest BCUT2D eigenvalue weighted by molar-refractivity contribution is 5.61. The highest BCUT2D eigenvalue weighted by Crippen LogP contribution is 2.78. The molecule has 0 aliphatic heterocycles. The van der Waals surface area contributed by atoms with Crippen LogP contribution in [0.4, 0.5) is 0 Å². The van der Waals surface area contributed by atoms with E-state index in [1.165, 1.54) is 18.4 Å². The molecule has 2 aliphatic rings. The van der Waals surface area contributed by atoms with Crippen LogP contribution in [0.3, 0.4) is 0 Å². The number of fused-ring (bicyclic) bond motifs is 1. The predicted molar refractivity (Wildman–Crippen MR) is 104 cm³/mol. The van der Waals surface area contributed by atoms with Crippen LogP contribution in [0.2, 0.25) is 0 Å². The van der Waals surface area contributed by atoms with E-state index in [1.807, 2.05) is 12.1 Å². The molecule has 1 saturated carbocycles. The van der Waals surface area contributed by atoms with E-state index in [-0.39, 0.29) is 22.3 Å². The van der Waals surface area contributed by atoms with Crippen molar-refractivity contribution >= 4 is 0 Å². The Balaban J connectivity index is 2.04. The Bertz CT molecular complexity index is 664. The topological polar surface area (TPSA) is 40.5 Å². The number of rotatable bonds is 6. The average Bonchev–Trinajstić information content (AvgIpc) is 3.07. The van der Waals surface area contributed by atoms with Gasteiger partial charge in [-0.2, -0.15) is 0 Å². The monoisotopic (exact) mass is 342 g/mol. The van der Waals surface area contributed by atoms with E-state index in [9.17, 15) is 10.2 Å². The number of aromatic hydroxyl groups is 2. The van der Waals surface area contributed by atoms with Gasteiger partial charge in [0.25, 0.3) is 0 Å². The van der Waals surface area contributed by atoms with Gasteiger partial charge in [-0.25, -0.2) is 0 Å². The maximum absolute atomic E-state index is 10.9. The lowest BCUT2D eigenvalue weighted by Gasteiger charge is -2.27. The zero-order chi connectivity index (χ0) is 18.4. The van der Waals surface area contributed by atoms with Crippen LogP contribution in [0.15, 0.2) is 23.8 Å². The van der Waals surface area contributed by atoms with E-state index in [4.69, 9.17) is 0 Å². The Morgan fingerprint density at radius 3 is 2.36 bits per heavy atom. The maximum atomic E-state index is 10.9. The summed E-state index contributed by atoms with van der Waals surface area (Å²) in [5.74, 6) is 1.58. The van der Waals surface area contributed by atoms with Gasteiger partial charge in [0.2, 0.25) is 0 Å². The van der Waals surface area contributed by atoms with Gasteiger partial charge in [-0.15, -0.1) is 0 Å². The molecule has 2 aliphatic carbocycles. The molecular formula is C23H34O2. The highest BCUT2D eigenvalue weighted by atomic mass is 16.3. The molecule has 3 atom stereocenters. The van der Waals surface area contributed by atoms with Crippen LogP contribution in [-0.4, -0.2) is 10.2 Å². The summed E-state index contributed by atoms with van der Waals surface area (Å²) in [5.41, 5.74) is 3.09. The molecule has 0 saturated heterocycles. The van der Waals surface area contributed by atoms with Gasteiger partial charge in [-0.1, -0.05) is 52.2 Å². The summed E-state index contributed by atoms with van der Waals surface area (Å²) in [6.07, 6.45) is 9.01. The fraction of sp³-hybridized carbons (Fsp3) is 0.652. The molecule has 0 aromatic heterocycles. The summed E-state index contributed by atoms with van der Waals surface area (Å²) in [6, 6.07) is 3.79. The van der Waals surface area contributed by atoms with Crippen LogP contribution >= 0.6 is 0 Å². The lowest BCUT2D eigenvalue weighted by molar-refractivity contribution is 0.328. The van der Waals surface area contributed by atoms with Crippen molar-refractivity contribution < 1.29 is 10.2 Å². The molecule has 0 unspecified atom stereocenters. The van der Waals surface area contributed by atoms with E-state index >= 15 is 0 Å². The van der Waals surface area contributed by atoms with E-state index in [0.717, 1.165) is 36.8 Å². The number of hydrogen-bond donors (Lipinski definition) is 2. The van der Waals surface area contributed by atoms with Gasteiger partial charge >= 0.3 is 0 Å². The first-order valence-corrected chi connectivity index (χ1v) is 10.0. The SMILES string of the molecule is CCCCCc1cc(O)c([C@]23C=C(C)CC[C@H]2[C@]3(C)C(C)C)c(O)c1. The first-order valence-electron chi connectivity index (χ1n) is 10.0. The summed E-state index contributed by atoms with van der Waals surface area (Å²) < 4.78 is 0. The fourth-order valence-corrected chi connectivity index (χ4v) is 5.59. The minimum atomic E-state index is -0.209. The molecule has 138 valence electrons. The van der Waals surface area contributed by atoms with Crippen molar-refractivity contribution in [1.29, 1.82) is 0 Å². The van der Waals surface area contributed by atoms with E-state index < -0.39 is 0 Å². The Morgan fingerprint density at radius 2 is 1.80 bits per heavy atom. The molecule has 0 spiro atoms. The molecular weight excluding hydrogens is 308 g/mol. The third-order valence-electron chi connectivity index (χ3n) is 7.22. The number of phenols is 2. The van der Waals surface area contributed by atoms with Gasteiger partial charge < -0.3 is 10.2 Å². The molecule has 0 bridgehead atoms.